The predicted octanol–water partition coefficient (Wildman–Crippen LogP) is 1.78. The van der Waals surface area contributed by atoms with Crippen LogP contribution in [0.1, 0.15) is 19.4 Å². The number of nitrogens with two attached hydrogens (primary N) is 1. The van der Waals surface area contributed by atoms with Crippen molar-refractivity contribution < 1.29 is 10.1 Å². The van der Waals surface area contributed by atoms with Crippen molar-refractivity contribution in [3.05, 3.63) is 33.9 Å². The van der Waals surface area contributed by atoms with Gasteiger partial charge in [0.05, 0.1) is 4.92 Å². The molecule has 1 saturated heterocycles. The summed E-state index contributed by atoms with van der Waals surface area (Å²) in [5.41, 5.74) is 6.38. The molecule has 2 unspecified atom stereocenters. The predicted molar refractivity (Wildman–Crippen MR) is 76.1 cm³/mol. The van der Waals surface area contributed by atoms with Crippen molar-refractivity contribution in [1.29, 1.82) is 0 Å². The molecule has 1 aromatic rings. The molecule has 0 saturated carbocycles. The van der Waals surface area contributed by atoms with Crippen molar-refractivity contribution in [2.24, 2.45) is 22.7 Å². The SMILES string of the molecule is CC1CN(c2ccc(C(N)=NO)cc2[N+](=O)[O-])CC1C. The summed E-state index contributed by atoms with van der Waals surface area (Å²) in [7, 11) is 0. The maximum Gasteiger partial charge on any atom is 0.293 e. The van der Waals surface area contributed by atoms with Crippen molar-refractivity contribution in [3.8, 4) is 0 Å². The smallest absolute Gasteiger partial charge is 0.293 e. The van der Waals surface area contributed by atoms with Crippen LogP contribution in [0.5, 0.6) is 0 Å². The largest absolute Gasteiger partial charge is 0.409 e. The molecule has 2 atom stereocenters. The topological polar surface area (TPSA) is 105 Å². The van der Waals surface area contributed by atoms with Crippen LogP contribution in [0.2, 0.25) is 0 Å². The molecule has 20 heavy (non-hydrogen) atoms. The molecule has 1 aromatic carbocycles. The minimum Gasteiger partial charge on any atom is -0.409 e. The molecule has 108 valence electrons. The van der Waals surface area contributed by atoms with Crippen LogP contribution < -0.4 is 10.6 Å². The summed E-state index contributed by atoms with van der Waals surface area (Å²) in [6.07, 6.45) is 0. The van der Waals surface area contributed by atoms with Crippen LogP contribution in [0.3, 0.4) is 0 Å². The van der Waals surface area contributed by atoms with Gasteiger partial charge < -0.3 is 15.8 Å². The Morgan fingerprint density at radius 1 is 1.45 bits per heavy atom. The number of hydrogen-bond acceptors (Lipinski definition) is 5. The second kappa shape index (κ2) is 5.36. The standard InChI is InChI=1S/C13H18N4O3/c1-8-6-16(7-9(8)2)11-4-3-10(13(14)15-18)5-12(11)17(19)20/h3-5,8-9,18H,6-7H2,1-2H3,(H2,14,15). The van der Waals surface area contributed by atoms with E-state index >= 15 is 0 Å². The highest BCUT2D eigenvalue weighted by Gasteiger charge is 2.30. The molecule has 0 bridgehead atoms. The lowest BCUT2D eigenvalue weighted by molar-refractivity contribution is -0.384. The first-order valence-corrected chi connectivity index (χ1v) is 6.45. The number of nitro benzene ring substituents is 1. The number of oxime groups is 1. The van der Waals surface area contributed by atoms with Crippen LogP contribution in [-0.4, -0.2) is 29.1 Å². The Labute approximate surface area is 116 Å². The fourth-order valence-electron chi connectivity index (χ4n) is 2.48. The monoisotopic (exact) mass is 278 g/mol. The normalized spacial score (nSPS) is 23.1. The zero-order valence-electron chi connectivity index (χ0n) is 11.5. The van der Waals surface area contributed by atoms with Crippen molar-refractivity contribution >= 4 is 17.2 Å². The first-order valence-electron chi connectivity index (χ1n) is 6.45. The van der Waals surface area contributed by atoms with E-state index in [9.17, 15) is 10.1 Å². The summed E-state index contributed by atoms with van der Waals surface area (Å²) in [6, 6.07) is 4.64. The Bertz CT molecular complexity index is 549. The highest BCUT2D eigenvalue weighted by atomic mass is 16.6. The van der Waals surface area contributed by atoms with Gasteiger partial charge in [-0.25, -0.2) is 0 Å². The van der Waals surface area contributed by atoms with Crippen LogP contribution in [-0.2, 0) is 0 Å². The lowest BCUT2D eigenvalue weighted by atomic mass is 10.0. The van der Waals surface area contributed by atoms with Gasteiger partial charge in [0.15, 0.2) is 5.84 Å². The van der Waals surface area contributed by atoms with Crippen molar-refractivity contribution in [1.82, 2.24) is 0 Å². The number of anilines is 1. The molecule has 0 aromatic heterocycles. The Balaban J connectivity index is 2.41. The minimum absolute atomic E-state index is 0.0181. The van der Waals surface area contributed by atoms with E-state index in [2.05, 4.69) is 19.0 Å². The number of amidine groups is 1. The summed E-state index contributed by atoms with van der Waals surface area (Å²) in [4.78, 5) is 12.8. The first-order chi connectivity index (χ1) is 9.43. The van der Waals surface area contributed by atoms with Crippen LogP contribution >= 0.6 is 0 Å². The molecule has 1 aliphatic heterocycles. The highest BCUT2D eigenvalue weighted by molar-refractivity contribution is 5.98. The molecule has 0 aliphatic carbocycles. The van der Waals surface area contributed by atoms with Crippen LogP contribution in [0, 0.1) is 22.0 Å². The van der Waals surface area contributed by atoms with E-state index in [1.807, 2.05) is 4.90 Å². The lowest BCUT2D eigenvalue weighted by Crippen LogP contribution is -2.21. The van der Waals surface area contributed by atoms with Crippen LogP contribution in [0.25, 0.3) is 0 Å². The maximum atomic E-state index is 11.2. The van der Waals surface area contributed by atoms with Gasteiger partial charge in [-0.1, -0.05) is 19.0 Å². The van der Waals surface area contributed by atoms with Gasteiger partial charge in [0, 0.05) is 24.7 Å². The molecule has 1 aliphatic rings. The zero-order valence-corrected chi connectivity index (χ0v) is 11.5. The Hall–Kier alpha value is -2.31. The van der Waals surface area contributed by atoms with Gasteiger partial charge in [-0.05, 0) is 24.0 Å². The summed E-state index contributed by atoms with van der Waals surface area (Å²) in [5, 5.41) is 22.8. The number of nitro groups is 1. The fraction of sp³-hybridized carbons (Fsp3) is 0.462. The molecule has 1 heterocycles. The van der Waals surface area contributed by atoms with E-state index < -0.39 is 4.92 Å². The molecule has 0 amide bonds. The molecule has 1 fully saturated rings. The van der Waals surface area contributed by atoms with E-state index in [0.717, 1.165) is 13.1 Å². The summed E-state index contributed by atoms with van der Waals surface area (Å²) >= 11 is 0. The van der Waals surface area contributed by atoms with Crippen molar-refractivity contribution in [2.45, 2.75) is 13.8 Å². The number of hydrogen-bond donors (Lipinski definition) is 2. The van der Waals surface area contributed by atoms with Crippen molar-refractivity contribution in [2.75, 3.05) is 18.0 Å². The average Bonchev–Trinajstić information content (AvgIpc) is 2.77. The number of nitrogens with zero attached hydrogens (tertiary/aromatic N) is 3. The maximum absolute atomic E-state index is 11.2. The van der Waals surface area contributed by atoms with E-state index in [4.69, 9.17) is 10.9 Å². The van der Waals surface area contributed by atoms with E-state index in [1.54, 1.807) is 12.1 Å². The van der Waals surface area contributed by atoms with E-state index in [0.29, 0.717) is 23.1 Å². The molecule has 0 radical (unpaired) electrons. The van der Waals surface area contributed by atoms with Gasteiger partial charge in [0.1, 0.15) is 5.69 Å². The molecule has 7 nitrogen and oxygen atoms in total. The molecular formula is C13H18N4O3. The fourth-order valence-corrected chi connectivity index (χ4v) is 2.48. The molecular weight excluding hydrogens is 260 g/mol. The quantitative estimate of drug-likeness (QED) is 0.288. The second-order valence-corrected chi connectivity index (χ2v) is 5.31. The van der Waals surface area contributed by atoms with E-state index in [1.165, 1.54) is 6.07 Å². The van der Waals surface area contributed by atoms with Gasteiger partial charge in [-0.15, -0.1) is 0 Å². The number of benzene rings is 1. The Kier molecular flexibility index (Phi) is 3.78. The number of rotatable bonds is 3. The minimum atomic E-state index is -0.433. The third kappa shape index (κ3) is 2.52. The lowest BCUT2D eigenvalue weighted by Gasteiger charge is -2.18. The Morgan fingerprint density at radius 2 is 2.05 bits per heavy atom. The molecule has 0 spiro atoms. The van der Waals surface area contributed by atoms with Crippen molar-refractivity contribution in [3.63, 3.8) is 0 Å². The molecule has 3 N–H and O–H groups in total. The third-order valence-electron chi connectivity index (χ3n) is 3.90. The molecule has 2 rings (SSSR count). The van der Waals surface area contributed by atoms with Gasteiger partial charge in [-0.2, -0.15) is 0 Å². The molecule has 7 heteroatoms. The highest BCUT2D eigenvalue weighted by Crippen LogP contribution is 2.34. The third-order valence-corrected chi connectivity index (χ3v) is 3.90. The van der Waals surface area contributed by atoms with Gasteiger partial charge in [0.25, 0.3) is 5.69 Å². The van der Waals surface area contributed by atoms with Gasteiger partial charge >= 0.3 is 0 Å². The van der Waals surface area contributed by atoms with Gasteiger partial charge in [-0.3, -0.25) is 10.1 Å². The summed E-state index contributed by atoms with van der Waals surface area (Å²) in [5.74, 6) is 0.861. The van der Waals surface area contributed by atoms with Crippen LogP contribution in [0.15, 0.2) is 23.4 Å². The second-order valence-electron chi connectivity index (χ2n) is 5.31. The zero-order chi connectivity index (χ0) is 14.9. The summed E-state index contributed by atoms with van der Waals surface area (Å²) < 4.78 is 0. The van der Waals surface area contributed by atoms with E-state index in [-0.39, 0.29) is 11.5 Å². The average molecular weight is 278 g/mol. The Morgan fingerprint density at radius 3 is 2.55 bits per heavy atom. The van der Waals surface area contributed by atoms with Crippen LogP contribution in [0.4, 0.5) is 11.4 Å². The van der Waals surface area contributed by atoms with Gasteiger partial charge in [0.2, 0.25) is 0 Å². The summed E-state index contributed by atoms with van der Waals surface area (Å²) in [6.45, 7) is 5.87. The first kappa shape index (κ1) is 14.1.